The molecule has 0 bridgehead atoms. The third-order valence-corrected chi connectivity index (χ3v) is 4.97. The summed E-state index contributed by atoms with van der Waals surface area (Å²) in [7, 11) is 0. The number of carbonyl (C=O) groups excluding carboxylic acids is 1. The van der Waals surface area contributed by atoms with E-state index in [2.05, 4.69) is 22.2 Å². The van der Waals surface area contributed by atoms with E-state index in [1.165, 1.54) is 0 Å². The SMILES string of the molecule is CCCCN(CC(=O)NCc1ccccc1C)Cc1nc2ccccc2c(=O)[nH]1. The van der Waals surface area contributed by atoms with E-state index in [9.17, 15) is 9.59 Å². The maximum atomic E-state index is 12.5. The lowest BCUT2D eigenvalue weighted by molar-refractivity contribution is -0.122. The summed E-state index contributed by atoms with van der Waals surface area (Å²) in [6.07, 6.45) is 2.01. The third kappa shape index (κ3) is 5.74. The molecule has 6 heteroatoms. The van der Waals surface area contributed by atoms with Crippen molar-refractivity contribution in [1.82, 2.24) is 20.2 Å². The number of amides is 1. The van der Waals surface area contributed by atoms with Crippen LogP contribution in [0.25, 0.3) is 10.9 Å². The van der Waals surface area contributed by atoms with Gasteiger partial charge >= 0.3 is 0 Å². The van der Waals surface area contributed by atoms with Crippen molar-refractivity contribution in [1.29, 1.82) is 0 Å². The molecule has 6 nitrogen and oxygen atoms in total. The summed E-state index contributed by atoms with van der Waals surface area (Å²) >= 11 is 0. The number of carbonyl (C=O) groups is 1. The van der Waals surface area contributed by atoms with Gasteiger partial charge in [-0.3, -0.25) is 14.5 Å². The highest BCUT2D eigenvalue weighted by Crippen LogP contribution is 2.09. The average molecular weight is 393 g/mol. The molecule has 0 spiro atoms. The number of rotatable bonds is 9. The molecule has 0 saturated carbocycles. The van der Waals surface area contributed by atoms with Crippen LogP contribution in [0.15, 0.2) is 53.3 Å². The van der Waals surface area contributed by atoms with E-state index in [4.69, 9.17) is 0 Å². The van der Waals surface area contributed by atoms with Gasteiger partial charge in [-0.2, -0.15) is 0 Å². The fraction of sp³-hybridized carbons (Fsp3) is 0.348. The van der Waals surface area contributed by atoms with Crippen LogP contribution in [0.3, 0.4) is 0 Å². The van der Waals surface area contributed by atoms with Gasteiger partial charge in [-0.05, 0) is 43.1 Å². The maximum absolute atomic E-state index is 12.5. The second kappa shape index (κ2) is 9.98. The highest BCUT2D eigenvalue weighted by Gasteiger charge is 2.13. The first kappa shape index (κ1) is 20.7. The molecule has 1 aromatic heterocycles. The van der Waals surface area contributed by atoms with Gasteiger partial charge in [0.25, 0.3) is 5.56 Å². The van der Waals surface area contributed by atoms with Gasteiger partial charge in [0.2, 0.25) is 5.91 Å². The van der Waals surface area contributed by atoms with E-state index in [-0.39, 0.29) is 18.0 Å². The Labute approximate surface area is 171 Å². The quantitative estimate of drug-likeness (QED) is 0.586. The molecule has 1 amide bonds. The number of unbranched alkanes of at least 4 members (excludes halogenated alkanes) is 1. The van der Waals surface area contributed by atoms with E-state index >= 15 is 0 Å². The number of nitrogens with zero attached hydrogens (tertiary/aromatic N) is 2. The van der Waals surface area contributed by atoms with Crippen molar-refractivity contribution in [3.8, 4) is 0 Å². The number of H-pyrrole nitrogens is 1. The van der Waals surface area contributed by atoms with Crippen LogP contribution in [0, 0.1) is 6.92 Å². The maximum Gasteiger partial charge on any atom is 0.258 e. The zero-order chi connectivity index (χ0) is 20.6. The number of para-hydroxylation sites is 1. The summed E-state index contributed by atoms with van der Waals surface area (Å²) in [6.45, 7) is 6.13. The Morgan fingerprint density at radius 3 is 2.69 bits per heavy atom. The van der Waals surface area contributed by atoms with Gasteiger partial charge in [0.15, 0.2) is 0 Å². The Kier molecular flexibility index (Phi) is 7.14. The van der Waals surface area contributed by atoms with E-state index in [0.717, 1.165) is 30.5 Å². The molecule has 3 rings (SSSR count). The average Bonchev–Trinajstić information content (AvgIpc) is 2.71. The fourth-order valence-electron chi connectivity index (χ4n) is 3.28. The first-order valence-electron chi connectivity index (χ1n) is 10.1. The number of aryl methyl sites for hydroxylation is 1. The summed E-state index contributed by atoms with van der Waals surface area (Å²) in [6, 6.07) is 15.3. The van der Waals surface area contributed by atoms with Gasteiger partial charge in [-0.15, -0.1) is 0 Å². The predicted octanol–water partition coefficient (Wildman–Crippen LogP) is 3.15. The molecule has 2 aromatic carbocycles. The second-order valence-corrected chi connectivity index (χ2v) is 7.30. The number of nitrogens with one attached hydrogen (secondary N) is 2. The zero-order valence-electron chi connectivity index (χ0n) is 17.1. The molecular formula is C23H28N4O2. The van der Waals surface area contributed by atoms with E-state index in [1.54, 1.807) is 6.07 Å². The van der Waals surface area contributed by atoms with Crippen LogP contribution in [-0.4, -0.2) is 33.9 Å². The molecule has 0 radical (unpaired) electrons. The van der Waals surface area contributed by atoms with Crippen LogP contribution in [-0.2, 0) is 17.9 Å². The number of hydrogen-bond acceptors (Lipinski definition) is 4. The summed E-state index contributed by atoms with van der Waals surface area (Å²) in [5.74, 6) is 0.545. The normalized spacial score (nSPS) is 11.1. The molecule has 29 heavy (non-hydrogen) atoms. The second-order valence-electron chi connectivity index (χ2n) is 7.30. The molecular weight excluding hydrogens is 364 g/mol. The lowest BCUT2D eigenvalue weighted by Crippen LogP contribution is -2.38. The van der Waals surface area contributed by atoms with Gasteiger partial charge in [0.05, 0.1) is 24.0 Å². The van der Waals surface area contributed by atoms with Gasteiger partial charge < -0.3 is 10.3 Å². The Morgan fingerprint density at radius 2 is 1.90 bits per heavy atom. The largest absolute Gasteiger partial charge is 0.351 e. The van der Waals surface area contributed by atoms with Gasteiger partial charge in [-0.25, -0.2) is 4.98 Å². The lowest BCUT2D eigenvalue weighted by atomic mass is 10.1. The number of hydrogen-bond donors (Lipinski definition) is 2. The van der Waals surface area contributed by atoms with Crippen LogP contribution in [0.4, 0.5) is 0 Å². The predicted molar refractivity (Wildman–Crippen MR) is 116 cm³/mol. The summed E-state index contributed by atoms with van der Waals surface area (Å²) in [4.78, 5) is 34.3. The van der Waals surface area contributed by atoms with E-state index < -0.39 is 0 Å². The Bertz CT molecular complexity index is 1030. The van der Waals surface area contributed by atoms with Crippen molar-refractivity contribution < 1.29 is 4.79 Å². The van der Waals surface area contributed by atoms with Crippen LogP contribution in [0.2, 0.25) is 0 Å². The molecule has 0 unspecified atom stereocenters. The van der Waals surface area contributed by atoms with Crippen LogP contribution in [0.5, 0.6) is 0 Å². The fourth-order valence-corrected chi connectivity index (χ4v) is 3.28. The number of aromatic nitrogens is 2. The minimum Gasteiger partial charge on any atom is -0.351 e. The molecule has 2 N–H and O–H groups in total. The summed E-state index contributed by atoms with van der Waals surface area (Å²) in [5.41, 5.74) is 2.80. The minimum atomic E-state index is -0.148. The topological polar surface area (TPSA) is 78.1 Å². The van der Waals surface area contributed by atoms with Gasteiger partial charge in [0, 0.05) is 6.54 Å². The molecule has 0 aliphatic rings. The number of benzene rings is 2. The molecule has 0 fully saturated rings. The van der Waals surface area contributed by atoms with E-state index in [1.807, 2.05) is 54.3 Å². The van der Waals surface area contributed by atoms with E-state index in [0.29, 0.717) is 29.8 Å². The smallest absolute Gasteiger partial charge is 0.258 e. The van der Waals surface area contributed by atoms with Gasteiger partial charge in [-0.1, -0.05) is 49.7 Å². The molecule has 152 valence electrons. The summed E-state index contributed by atoms with van der Waals surface area (Å²) in [5, 5.41) is 3.58. The van der Waals surface area contributed by atoms with Gasteiger partial charge in [0.1, 0.15) is 5.82 Å². The molecule has 3 aromatic rings. The van der Waals surface area contributed by atoms with Crippen molar-refractivity contribution >= 4 is 16.8 Å². The van der Waals surface area contributed by atoms with Crippen molar-refractivity contribution in [3.63, 3.8) is 0 Å². The highest BCUT2D eigenvalue weighted by atomic mass is 16.2. The lowest BCUT2D eigenvalue weighted by Gasteiger charge is -2.21. The molecule has 0 aliphatic carbocycles. The number of fused-ring (bicyclic) bond motifs is 1. The van der Waals surface area contributed by atoms with Crippen LogP contribution >= 0.6 is 0 Å². The van der Waals surface area contributed by atoms with Crippen LogP contribution in [0.1, 0.15) is 36.7 Å². The summed E-state index contributed by atoms with van der Waals surface area (Å²) < 4.78 is 0. The Balaban J connectivity index is 1.67. The molecule has 0 saturated heterocycles. The van der Waals surface area contributed by atoms with Crippen molar-refractivity contribution in [2.45, 2.75) is 39.8 Å². The Morgan fingerprint density at radius 1 is 1.14 bits per heavy atom. The number of aromatic amines is 1. The van der Waals surface area contributed by atoms with Crippen molar-refractivity contribution in [3.05, 3.63) is 75.8 Å². The highest BCUT2D eigenvalue weighted by molar-refractivity contribution is 5.78. The molecule has 1 heterocycles. The van der Waals surface area contributed by atoms with Crippen LogP contribution < -0.4 is 10.9 Å². The first-order valence-corrected chi connectivity index (χ1v) is 10.1. The molecule has 0 aliphatic heterocycles. The zero-order valence-corrected chi connectivity index (χ0v) is 17.1. The molecule has 0 atom stereocenters. The van der Waals surface area contributed by atoms with Crippen molar-refractivity contribution in [2.75, 3.05) is 13.1 Å². The monoisotopic (exact) mass is 392 g/mol. The van der Waals surface area contributed by atoms with Crippen molar-refractivity contribution in [2.24, 2.45) is 0 Å². The standard InChI is InChI=1S/C23H28N4O2/c1-3-4-13-27(16-22(28)24-14-18-10-6-5-9-17(18)2)15-21-25-20-12-8-7-11-19(20)23(29)26-21/h5-12H,3-4,13-16H2,1-2H3,(H,24,28)(H,25,26,29). The first-order chi connectivity index (χ1) is 14.1. The third-order valence-electron chi connectivity index (χ3n) is 4.97. The minimum absolute atomic E-state index is 0.0347. The Hall–Kier alpha value is -2.99.